The lowest BCUT2D eigenvalue weighted by molar-refractivity contribution is -0.129. The summed E-state index contributed by atoms with van der Waals surface area (Å²) in [5.74, 6) is -0.103. The summed E-state index contributed by atoms with van der Waals surface area (Å²) in [5.41, 5.74) is 0. The zero-order valence-corrected chi connectivity index (χ0v) is 13.4. The molecule has 1 aromatic rings. The van der Waals surface area contributed by atoms with Gasteiger partial charge in [-0.15, -0.1) is 0 Å². The van der Waals surface area contributed by atoms with Crippen molar-refractivity contribution in [2.24, 2.45) is 0 Å². The molecule has 1 fully saturated rings. The van der Waals surface area contributed by atoms with E-state index in [1.807, 2.05) is 6.20 Å². The number of nitrogens with zero attached hydrogens (tertiary/aromatic N) is 4. The van der Waals surface area contributed by atoms with Gasteiger partial charge in [0.25, 0.3) is 0 Å². The average molecular weight is 321 g/mol. The molecule has 1 aliphatic rings. The number of carbonyl (C=O) groups excluding carboxylic acids is 2. The molecule has 0 spiro atoms. The lowest BCUT2D eigenvalue weighted by atomic mass is 10.4. The highest BCUT2D eigenvalue weighted by atomic mass is 16.5. The van der Waals surface area contributed by atoms with E-state index in [2.05, 4.69) is 21.9 Å². The van der Waals surface area contributed by atoms with E-state index < -0.39 is 0 Å². The van der Waals surface area contributed by atoms with Gasteiger partial charge in [0.1, 0.15) is 0 Å². The van der Waals surface area contributed by atoms with Crippen molar-refractivity contribution in [1.29, 1.82) is 0 Å². The molecule has 8 nitrogen and oxygen atoms in total. The number of ether oxygens (including phenoxy) is 1. The largest absolute Gasteiger partial charge is 0.379 e. The lowest BCUT2D eigenvalue weighted by Crippen LogP contribution is -2.38. The number of amides is 2. The highest BCUT2D eigenvalue weighted by molar-refractivity contribution is 5.95. The van der Waals surface area contributed by atoms with Gasteiger partial charge in [-0.1, -0.05) is 6.58 Å². The van der Waals surface area contributed by atoms with Crippen molar-refractivity contribution in [1.82, 2.24) is 19.6 Å². The van der Waals surface area contributed by atoms with Crippen molar-refractivity contribution in [3.8, 4) is 0 Å². The summed E-state index contributed by atoms with van der Waals surface area (Å²) >= 11 is 0. The van der Waals surface area contributed by atoms with Gasteiger partial charge in [-0.2, -0.15) is 5.10 Å². The fourth-order valence-corrected chi connectivity index (χ4v) is 2.25. The Balaban J connectivity index is 1.76. The molecule has 0 unspecified atom stereocenters. The van der Waals surface area contributed by atoms with E-state index in [1.165, 1.54) is 11.0 Å². The molecule has 1 aliphatic heterocycles. The van der Waals surface area contributed by atoms with E-state index in [4.69, 9.17) is 4.74 Å². The molecule has 0 aromatic carbocycles. The third-order valence-corrected chi connectivity index (χ3v) is 3.59. The maximum atomic E-state index is 11.8. The Morgan fingerprint density at radius 1 is 1.43 bits per heavy atom. The number of aromatic nitrogens is 2. The third-order valence-electron chi connectivity index (χ3n) is 3.59. The second kappa shape index (κ2) is 8.44. The number of likely N-dealkylation sites (N-methyl/N-ethyl adjacent to an activating group) is 1. The first-order chi connectivity index (χ1) is 11.1. The number of hydrogen-bond acceptors (Lipinski definition) is 5. The van der Waals surface area contributed by atoms with Gasteiger partial charge in [0.15, 0.2) is 5.82 Å². The lowest BCUT2D eigenvalue weighted by Gasteiger charge is -2.26. The van der Waals surface area contributed by atoms with Crippen LogP contribution in [0.15, 0.2) is 24.9 Å². The number of nitrogens with one attached hydrogen (secondary N) is 1. The molecule has 0 bridgehead atoms. The molecule has 0 atom stereocenters. The predicted octanol–water partition coefficient (Wildman–Crippen LogP) is -0.202. The van der Waals surface area contributed by atoms with Crippen molar-refractivity contribution >= 4 is 17.6 Å². The summed E-state index contributed by atoms with van der Waals surface area (Å²) in [6.45, 7) is 8.43. The third kappa shape index (κ3) is 5.50. The maximum Gasteiger partial charge on any atom is 0.246 e. The van der Waals surface area contributed by atoms with Gasteiger partial charge in [-0.3, -0.25) is 19.2 Å². The van der Waals surface area contributed by atoms with Gasteiger partial charge in [0.05, 0.1) is 26.3 Å². The zero-order chi connectivity index (χ0) is 16.7. The fraction of sp³-hybridized carbons (Fsp3) is 0.533. The molecule has 0 aliphatic carbocycles. The second-order valence-electron chi connectivity index (χ2n) is 5.36. The minimum absolute atomic E-state index is 0.0362. The number of anilines is 1. The molecule has 8 heteroatoms. The topological polar surface area (TPSA) is 79.7 Å². The van der Waals surface area contributed by atoms with Crippen LogP contribution in [0.1, 0.15) is 0 Å². The van der Waals surface area contributed by atoms with Gasteiger partial charge in [-0.25, -0.2) is 0 Å². The monoisotopic (exact) mass is 321 g/mol. The van der Waals surface area contributed by atoms with E-state index >= 15 is 0 Å². The van der Waals surface area contributed by atoms with Crippen molar-refractivity contribution in [2.45, 2.75) is 6.54 Å². The minimum atomic E-state index is -0.295. The molecule has 2 amide bonds. The van der Waals surface area contributed by atoms with Gasteiger partial charge < -0.3 is 15.0 Å². The molecule has 23 heavy (non-hydrogen) atoms. The maximum absolute atomic E-state index is 11.8. The first-order valence-electron chi connectivity index (χ1n) is 7.59. The Morgan fingerprint density at radius 2 is 2.17 bits per heavy atom. The van der Waals surface area contributed by atoms with Gasteiger partial charge in [0, 0.05) is 38.9 Å². The Hall–Kier alpha value is -2.19. The van der Waals surface area contributed by atoms with Crippen LogP contribution < -0.4 is 5.32 Å². The Morgan fingerprint density at radius 3 is 2.87 bits per heavy atom. The second-order valence-corrected chi connectivity index (χ2v) is 5.36. The first-order valence-corrected chi connectivity index (χ1v) is 7.59. The summed E-state index contributed by atoms with van der Waals surface area (Å²) in [6.07, 6.45) is 3.00. The van der Waals surface area contributed by atoms with Crippen molar-refractivity contribution in [3.05, 3.63) is 24.9 Å². The first kappa shape index (κ1) is 17.2. The van der Waals surface area contributed by atoms with Crippen molar-refractivity contribution < 1.29 is 14.3 Å². The molecule has 1 aromatic heterocycles. The van der Waals surface area contributed by atoms with Crippen LogP contribution in [-0.4, -0.2) is 77.8 Å². The summed E-state index contributed by atoms with van der Waals surface area (Å²) in [5, 5.41) is 6.99. The molecular weight excluding hydrogens is 298 g/mol. The van der Waals surface area contributed by atoms with Crippen LogP contribution in [0.4, 0.5) is 5.82 Å². The number of rotatable bonds is 7. The van der Waals surface area contributed by atoms with Crippen LogP contribution in [0.2, 0.25) is 0 Å². The van der Waals surface area contributed by atoms with Crippen molar-refractivity contribution in [2.75, 3.05) is 51.8 Å². The minimum Gasteiger partial charge on any atom is -0.379 e. The Kier molecular flexibility index (Phi) is 6.30. The Bertz CT molecular complexity index is 551. The van der Waals surface area contributed by atoms with Crippen LogP contribution in [0.5, 0.6) is 0 Å². The van der Waals surface area contributed by atoms with Crippen LogP contribution in [-0.2, 0) is 20.9 Å². The van der Waals surface area contributed by atoms with Crippen LogP contribution >= 0.6 is 0 Å². The van der Waals surface area contributed by atoms with E-state index in [-0.39, 0.29) is 18.4 Å². The molecule has 0 saturated carbocycles. The van der Waals surface area contributed by atoms with Gasteiger partial charge in [0.2, 0.25) is 11.8 Å². The van der Waals surface area contributed by atoms with E-state index in [1.54, 1.807) is 17.8 Å². The predicted molar refractivity (Wildman–Crippen MR) is 85.9 cm³/mol. The summed E-state index contributed by atoms with van der Waals surface area (Å²) in [7, 11) is 1.55. The summed E-state index contributed by atoms with van der Waals surface area (Å²) < 4.78 is 7.11. The molecule has 0 radical (unpaired) electrons. The normalized spacial score (nSPS) is 15.2. The highest BCUT2D eigenvalue weighted by Gasteiger charge is 2.12. The standard InChI is InChI=1S/C15H23N5O3/c1-3-15(22)18(2)12-14(21)16-13-4-5-20(17-13)7-6-19-8-10-23-11-9-19/h3-5H,1,6-12H2,2H3,(H,16,17,21). The van der Waals surface area contributed by atoms with Crippen LogP contribution in [0, 0.1) is 0 Å². The summed E-state index contributed by atoms with van der Waals surface area (Å²) in [6, 6.07) is 1.74. The van der Waals surface area contributed by atoms with E-state index in [0.29, 0.717) is 5.82 Å². The van der Waals surface area contributed by atoms with E-state index in [0.717, 1.165) is 39.4 Å². The zero-order valence-electron chi connectivity index (χ0n) is 13.4. The molecular formula is C15H23N5O3. The molecule has 1 saturated heterocycles. The van der Waals surface area contributed by atoms with Crippen molar-refractivity contribution in [3.63, 3.8) is 0 Å². The Labute approximate surface area is 135 Å². The SMILES string of the molecule is C=CC(=O)N(C)CC(=O)Nc1ccn(CCN2CCOCC2)n1. The number of morpholine rings is 1. The molecule has 2 heterocycles. The summed E-state index contributed by atoms with van der Waals surface area (Å²) in [4.78, 5) is 26.8. The van der Waals surface area contributed by atoms with Gasteiger partial charge >= 0.3 is 0 Å². The van der Waals surface area contributed by atoms with Crippen LogP contribution in [0.25, 0.3) is 0 Å². The molecule has 126 valence electrons. The quantitative estimate of drug-likeness (QED) is 0.704. The van der Waals surface area contributed by atoms with E-state index in [9.17, 15) is 9.59 Å². The molecule has 1 N–H and O–H groups in total. The number of hydrogen-bond donors (Lipinski definition) is 1. The highest BCUT2D eigenvalue weighted by Crippen LogP contribution is 2.04. The number of carbonyl (C=O) groups is 2. The fourth-order valence-electron chi connectivity index (χ4n) is 2.25. The van der Waals surface area contributed by atoms with Gasteiger partial charge in [-0.05, 0) is 6.08 Å². The average Bonchev–Trinajstić information content (AvgIpc) is 3.00. The smallest absolute Gasteiger partial charge is 0.246 e. The molecule has 2 rings (SSSR count). The van der Waals surface area contributed by atoms with Crippen LogP contribution in [0.3, 0.4) is 0 Å².